The Morgan fingerprint density at radius 2 is 2.27 bits per heavy atom. The first-order valence-corrected chi connectivity index (χ1v) is 9.57. The molecule has 7 nitrogen and oxygen atoms in total. The van der Waals surface area contributed by atoms with E-state index in [0.29, 0.717) is 12.8 Å². The van der Waals surface area contributed by atoms with Crippen molar-refractivity contribution in [1.82, 2.24) is 19.9 Å². The topological polar surface area (TPSA) is 103 Å². The maximum Gasteiger partial charge on any atom is 0.321 e. The first-order valence-electron chi connectivity index (χ1n) is 8.34. The first-order chi connectivity index (χ1) is 12.5. The summed E-state index contributed by atoms with van der Waals surface area (Å²) in [6, 6.07) is 4.32. The molecule has 4 rings (SSSR count). The molecule has 4 N–H and O–H groups in total. The Balaban J connectivity index is 1.81. The second-order valence-corrected chi connectivity index (χ2v) is 7.37. The molecule has 1 aliphatic heterocycles. The number of imidazole rings is 1. The van der Waals surface area contributed by atoms with Gasteiger partial charge in [0.25, 0.3) is 0 Å². The van der Waals surface area contributed by atoms with E-state index in [1.807, 2.05) is 23.9 Å². The Hall–Kier alpha value is -2.45. The number of hydrogen-bond acceptors (Lipinski definition) is 5. The van der Waals surface area contributed by atoms with Gasteiger partial charge in [0.05, 0.1) is 18.1 Å². The van der Waals surface area contributed by atoms with E-state index in [4.69, 9.17) is 0 Å². The van der Waals surface area contributed by atoms with Crippen molar-refractivity contribution in [2.45, 2.75) is 30.0 Å². The molecule has 136 valence electrons. The maximum absolute atomic E-state index is 11.7. The van der Waals surface area contributed by atoms with Crippen molar-refractivity contribution in [2.75, 3.05) is 6.26 Å². The van der Waals surface area contributed by atoms with E-state index in [2.05, 4.69) is 15.3 Å². The largest absolute Gasteiger partial charge is 0.508 e. The zero-order chi connectivity index (χ0) is 18.4. The lowest BCUT2D eigenvalue weighted by Crippen LogP contribution is -2.45. The number of nitrogens with zero attached hydrogens (tertiary/aromatic N) is 2. The summed E-state index contributed by atoms with van der Waals surface area (Å²) in [5.41, 5.74) is 3.91. The number of thioether (sulfide) groups is 1. The number of aryl methyl sites for hydroxylation is 1. The van der Waals surface area contributed by atoms with Crippen LogP contribution in [0.3, 0.4) is 0 Å². The van der Waals surface area contributed by atoms with E-state index >= 15 is 0 Å². The number of nitrogens with one attached hydrogen (secondary N) is 2. The molecule has 26 heavy (non-hydrogen) atoms. The minimum absolute atomic E-state index is 0.171. The number of hydrogen-bond donors (Lipinski definition) is 4. The highest BCUT2D eigenvalue weighted by atomic mass is 32.2. The first kappa shape index (κ1) is 17.0. The molecule has 0 radical (unpaired) electrons. The number of rotatable bonds is 4. The lowest BCUT2D eigenvalue weighted by Gasteiger charge is -2.29. The van der Waals surface area contributed by atoms with Crippen LogP contribution in [0.25, 0.3) is 10.9 Å². The number of aromatic hydroxyl groups is 1. The lowest BCUT2D eigenvalue weighted by molar-refractivity contribution is -0.139. The standard InChI is InChI=1S/C18H20N4O3S/c1-22-8-19-17(26-2)15(22)7-13-16-11(6-14(20-13)18(24)25)10-5-9(23)3-4-12(10)21-16/h3-5,8,13-14,20-21,23H,6-7H2,1-2H3,(H,24,25)/t13-,14-/m0/s1. The van der Waals surface area contributed by atoms with Crippen LogP contribution in [-0.4, -0.2) is 43.0 Å². The third kappa shape index (κ3) is 2.75. The van der Waals surface area contributed by atoms with Crippen molar-refractivity contribution < 1.29 is 15.0 Å². The number of phenolic OH excluding ortho intramolecular Hbond substituents is 1. The average Bonchev–Trinajstić information content (AvgIpc) is 3.15. The molecular formula is C18H20N4O3S. The van der Waals surface area contributed by atoms with E-state index in [1.165, 1.54) is 0 Å². The molecule has 2 atom stereocenters. The van der Waals surface area contributed by atoms with E-state index in [0.717, 1.165) is 32.9 Å². The van der Waals surface area contributed by atoms with E-state index in [1.54, 1.807) is 30.2 Å². The number of aromatic amines is 1. The van der Waals surface area contributed by atoms with Crippen LogP contribution in [0.2, 0.25) is 0 Å². The fraction of sp³-hybridized carbons (Fsp3) is 0.333. The normalized spacial score (nSPS) is 19.6. The predicted octanol–water partition coefficient (Wildman–Crippen LogP) is 2.21. The van der Waals surface area contributed by atoms with E-state index in [9.17, 15) is 15.0 Å². The van der Waals surface area contributed by atoms with Crippen LogP contribution in [0.15, 0.2) is 29.6 Å². The maximum atomic E-state index is 11.7. The van der Waals surface area contributed by atoms with Gasteiger partial charge in [-0.05, 0) is 30.0 Å². The van der Waals surface area contributed by atoms with Crippen molar-refractivity contribution >= 4 is 28.6 Å². The Morgan fingerprint density at radius 3 is 3.00 bits per heavy atom. The SMILES string of the molecule is CSc1ncn(C)c1C[C@@H]1N[C@H](C(=O)O)Cc2c1[nH]c1ccc(O)cc21. The summed E-state index contributed by atoms with van der Waals surface area (Å²) < 4.78 is 1.98. The van der Waals surface area contributed by atoms with Gasteiger partial charge in [0.1, 0.15) is 16.8 Å². The van der Waals surface area contributed by atoms with Crippen molar-refractivity contribution in [3.63, 3.8) is 0 Å². The van der Waals surface area contributed by atoms with Gasteiger partial charge in [-0.3, -0.25) is 10.1 Å². The van der Waals surface area contributed by atoms with Crippen molar-refractivity contribution in [3.05, 3.63) is 41.5 Å². The zero-order valence-electron chi connectivity index (χ0n) is 14.5. The molecule has 3 aromatic rings. The van der Waals surface area contributed by atoms with Gasteiger partial charge in [0.15, 0.2) is 0 Å². The van der Waals surface area contributed by atoms with Crippen LogP contribution < -0.4 is 5.32 Å². The monoisotopic (exact) mass is 372 g/mol. The van der Waals surface area contributed by atoms with E-state index in [-0.39, 0.29) is 11.8 Å². The highest BCUT2D eigenvalue weighted by molar-refractivity contribution is 7.98. The van der Waals surface area contributed by atoms with Gasteiger partial charge < -0.3 is 19.8 Å². The van der Waals surface area contributed by atoms with Crippen molar-refractivity contribution in [1.29, 1.82) is 0 Å². The third-order valence-electron chi connectivity index (χ3n) is 4.99. The fourth-order valence-electron chi connectivity index (χ4n) is 3.71. The second-order valence-electron chi connectivity index (χ2n) is 6.58. The Morgan fingerprint density at radius 1 is 1.46 bits per heavy atom. The Kier molecular flexibility index (Phi) is 4.16. The molecule has 2 aromatic heterocycles. The van der Waals surface area contributed by atoms with Gasteiger partial charge in [0, 0.05) is 36.5 Å². The van der Waals surface area contributed by atoms with Gasteiger partial charge in [-0.15, -0.1) is 11.8 Å². The molecule has 0 bridgehead atoms. The van der Waals surface area contributed by atoms with E-state index < -0.39 is 12.0 Å². The van der Waals surface area contributed by atoms with Gasteiger partial charge in [-0.2, -0.15) is 0 Å². The predicted molar refractivity (Wildman–Crippen MR) is 99.7 cm³/mol. The molecule has 0 unspecified atom stereocenters. The summed E-state index contributed by atoms with van der Waals surface area (Å²) in [6.07, 6.45) is 4.77. The molecule has 0 amide bonds. The van der Waals surface area contributed by atoms with Crippen molar-refractivity contribution in [3.8, 4) is 5.75 Å². The summed E-state index contributed by atoms with van der Waals surface area (Å²) in [5, 5.41) is 24.5. The summed E-state index contributed by atoms with van der Waals surface area (Å²) in [7, 11) is 1.95. The smallest absolute Gasteiger partial charge is 0.321 e. The zero-order valence-corrected chi connectivity index (χ0v) is 15.3. The minimum atomic E-state index is -0.870. The quantitative estimate of drug-likeness (QED) is 0.524. The second kappa shape index (κ2) is 6.37. The number of aromatic nitrogens is 3. The van der Waals surface area contributed by atoms with Crippen molar-refractivity contribution in [2.24, 2.45) is 7.05 Å². The third-order valence-corrected chi connectivity index (χ3v) is 5.72. The number of H-pyrrole nitrogens is 1. The van der Waals surface area contributed by atoms with Crippen LogP contribution in [-0.2, 0) is 24.7 Å². The van der Waals surface area contributed by atoms with Crippen LogP contribution in [0.5, 0.6) is 5.75 Å². The summed E-state index contributed by atoms with van der Waals surface area (Å²) in [5.74, 6) is -0.692. The molecule has 0 aliphatic carbocycles. The van der Waals surface area contributed by atoms with Crippen LogP contribution in [0.4, 0.5) is 0 Å². The van der Waals surface area contributed by atoms with Crippen LogP contribution in [0, 0.1) is 0 Å². The van der Waals surface area contributed by atoms with Gasteiger partial charge in [-0.25, -0.2) is 4.98 Å². The number of carbonyl (C=O) groups is 1. The van der Waals surface area contributed by atoms with Gasteiger partial charge in [-0.1, -0.05) is 0 Å². The number of carboxylic acid groups (broad SMARTS) is 1. The number of benzene rings is 1. The average molecular weight is 372 g/mol. The number of phenols is 1. The van der Waals surface area contributed by atoms with Gasteiger partial charge in [0.2, 0.25) is 0 Å². The Bertz CT molecular complexity index is 994. The molecule has 3 heterocycles. The summed E-state index contributed by atoms with van der Waals surface area (Å²) >= 11 is 1.58. The number of carboxylic acids is 1. The summed E-state index contributed by atoms with van der Waals surface area (Å²) in [6.45, 7) is 0. The molecule has 0 saturated carbocycles. The molecular weight excluding hydrogens is 352 g/mol. The molecule has 1 aromatic carbocycles. The molecule has 0 saturated heterocycles. The lowest BCUT2D eigenvalue weighted by atomic mass is 9.92. The number of fused-ring (bicyclic) bond motifs is 3. The van der Waals surface area contributed by atoms with Gasteiger partial charge >= 0.3 is 5.97 Å². The van der Waals surface area contributed by atoms with Crippen LogP contribution >= 0.6 is 11.8 Å². The molecule has 8 heteroatoms. The molecule has 0 spiro atoms. The molecule has 0 fully saturated rings. The highest BCUT2D eigenvalue weighted by Gasteiger charge is 2.34. The Labute approximate surface area is 154 Å². The summed E-state index contributed by atoms with van der Waals surface area (Å²) in [4.78, 5) is 19.5. The van der Waals surface area contributed by atoms with Crippen LogP contribution in [0.1, 0.15) is 23.0 Å². The number of aliphatic carboxylic acids is 1. The molecule has 1 aliphatic rings. The highest BCUT2D eigenvalue weighted by Crippen LogP contribution is 2.35. The fourth-order valence-corrected chi connectivity index (χ4v) is 4.33. The minimum Gasteiger partial charge on any atom is -0.508 e.